The number of benzene rings is 1. The summed E-state index contributed by atoms with van der Waals surface area (Å²) in [4.78, 5) is 27.3. The summed E-state index contributed by atoms with van der Waals surface area (Å²) in [5.41, 5.74) is 5.81. The van der Waals surface area contributed by atoms with Gasteiger partial charge in [-0.25, -0.2) is 14.5 Å². The number of amides is 1. The Morgan fingerprint density at radius 2 is 2.24 bits per heavy atom. The van der Waals surface area contributed by atoms with Crippen molar-refractivity contribution in [1.82, 2.24) is 14.8 Å². The van der Waals surface area contributed by atoms with Crippen LogP contribution in [0.4, 0.5) is 11.6 Å². The number of carbonyl (C=O) groups excluding carboxylic acids is 2. The van der Waals surface area contributed by atoms with Crippen LogP contribution in [0, 0.1) is 0 Å². The third-order valence-corrected chi connectivity index (χ3v) is 2.76. The van der Waals surface area contributed by atoms with Crippen LogP contribution in [0.1, 0.15) is 10.4 Å². The van der Waals surface area contributed by atoms with E-state index in [9.17, 15) is 9.59 Å². The zero-order valence-corrected chi connectivity index (χ0v) is 11.8. The summed E-state index contributed by atoms with van der Waals surface area (Å²) in [5.74, 6) is -0.917. The Hall–Kier alpha value is -2.61. The molecular weight excluding hydrogens is 298 g/mol. The van der Waals surface area contributed by atoms with Gasteiger partial charge >= 0.3 is 5.97 Å². The van der Waals surface area contributed by atoms with Crippen molar-refractivity contribution in [3.8, 4) is 0 Å². The summed E-state index contributed by atoms with van der Waals surface area (Å²) in [7, 11) is 1.25. The Kier molecular flexibility index (Phi) is 4.39. The predicted molar refractivity (Wildman–Crippen MR) is 75.9 cm³/mol. The van der Waals surface area contributed by atoms with Gasteiger partial charge in [0.2, 0.25) is 11.9 Å². The quantitative estimate of drug-likeness (QED) is 0.813. The first-order chi connectivity index (χ1) is 9.99. The van der Waals surface area contributed by atoms with E-state index in [1.165, 1.54) is 36.3 Å². The maximum Gasteiger partial charge on any atom is 0.339 e. The number of hydrogen-bond acceptors (Lipinski definition) is 6. The van der Waals surface area contributed by atoms with E-state index in [0.29, 0.717) is 5.02 Å². The molecule has 0 unspecified atom stereocenters. The fraction of sp³-hybridized carbons (Fsp3) is 0.167. The molecule has 3 N–H and O–H groups in total. The number of ether oxygens (including phenoxy) is 1. The van der Waals surface area contributed by atoms with Crippen LogP contribution < -0.4 is 11.1 Å². The average molecular weight is 310 g/mol. The lowest BCUT2D eigenvalue weighted by atomic mass is 10.2. The van der Waals surface area contributed by atoms with Crippen LogP contribution in [-0.4, -0.2) is 33.8 Å². The Balaban J connectivity index is 2.16. The van der Waals surface area contributed by atoms with Gasteiger partial charge in [-0.1, -0.05) is 11.6 Å². The monoisotopic (exact) mass is 309 g/mol. The second kappa shape index (κ2) is 6.23. The number of hydrogen-bond donors (Lipinski definition) is 2. The lowest BCUT2D eigenvalue weighted by molar-refractivity contribution is -0.116. The van der Waals surface area contributed by atoms with Crippen LogP contribution in [0.2, 0.25) is 5.02 Å². The minimum Gasteiger partial charge on any atom is -0.465 e. The van der Waals surface area contributed by atoms with E-state index in [2.05, 4.69) is 20.1 Å². The zero-order valence-electron chi connectivity index (χ0n) is 11.0. The van der Waals surface area contributed by atoms with Gasteiger partial charge in [0.05, 0.1) is 18.4 Å². The summed E-state index contributed by atoms with van der Waals surface area (Å²) in [5, 5.41) is 6.74. The van der Waals surface area contributed by atoms with Gasteiger partial charge in [-0.2, -0.15) is 0 Å². The number of nitrogens with one attached hydrogen (secondary N) is 1. The summed E-state index contributed by atoms with van der Waals surface area (Å²) < 4.78 is 5.91. The average Bonchev–Trinajstić information content (AvgIpc) is 2.83. The predicted octanol–water partition coefficient (Wildman–Crippen LogP) is 0.939. The Morgan fingerprint density at radius 1 is 1.48 bits per heavy atom. The molecule has 110 valence electrons. The molecule has 2 aromatic rings. The van der Waals surface area contributed by atoms with Gasteiger partial charge in [0.25, 0.3) is 0 Å². The van der Waals surface area contributed by atoms with Crippen LogP contribution in [-0.2, 0) is 16.1 Å². The maximum atomic E-state index is 11.9. The fourth-order valence-corrected chi connectivity index (χ4v) is 1.80. The molecule has 1 aromatic carbocycles. The molecule has 0 spiro atoms. The van der Waals surface area contributed by atoms with Crippen molar-refractivity contribution in [2.75, 3.05) is 18.2 Å². The molecule has 8 nitrogen and oxygen atoms in total. The molecule has 0 radical (unpaired) electrons. The molecular formula is C12H12ClN5O3. The molecule has 0 saturated heterocycles. The van der Waals surface area contributed by atoms with E-state index in [1.54, 1.807) is 0 Å². The highest BCUT2D eigenvalue weighted by Gasteiger charge is 2.15. The van der Waals surface area contributed by atoms with Crippen LogP contribution >= 0.6 is 11.6 Å². The highest BCUT2D eigenvalue weighted by molar-refractivity contribution is 6.31. The van der Waals surface area contributed by atoms with Gasteiger partial charge in [0, 0.05) is 5.02 Å². The molecule has 0 aliphatic carbocycles. The van der Waals surface area contributed by atoms with Crippen molar-refractivity contribution in [3.05, 3.63) is 35.1 Å². The molecule has 0 aliphatic rings. The topological polar surface area (TPSA) is 112 Å². The Labute approximate surface area is 124 Å². The van der Waals surface area contributed by atoms with Crippen molar-refractivity contribution in [1.29, 1.82) is 0 Å². The number of nitrogens with two attached hydrogens (primary N) is 1. The van der Waals surface area contributed by atoms with Crippen molar-refractivity contribution in [2.24, 2.45) is 0 Å². The van der Waals surface area contributed by atoms with Crippen molar-refractivity contribution < 1.29 is 14.3 Å². The number of aromatic nitrogens is 3. The van der Waals surface area contributed by atoms with Gasteiger partial charge in [0.15, 0.2) is 0 Å². The van der Waals surface area contributed by atoms with Crippen LogP contribution in [0.3, 0.4) is 0 Å². The summed E-state index contributed by atoms with van der Waals surface area (Å²) in [6, 6.07) is 4.46. The van der Waals surface area contributed by atoms with Crippen LogP contribution in [0.5, 0.6) is 0 Å². The number of nitrogens with zero attached hydrogens (tertiary/aromatic N) is 3. The summed E-state index contributed by atoms with van der Waals surface area (Å²) in [6.45, 7) is -0.0999. The summed E-state index contributed by atoms with van der Waals surface area (Å²) >= 11 is 5.86. The van der Waals surface area contributed by atoms with E-state index >= 15 is 0 Å². The minimum absolute atomic E-state index is 0.0702. The van der Waals surface area contributed by atoms with Gasteiger partial charge < -0.3 is 15.8 Å². The highest BCUT2D eigenvalue weighted by atomic mass is 35.5. The number of carbonyl (C=O) groups is 2. The number of rotatable bonds is 4. The first kappa shape index (κ1) is 14.8. The van der Waals surface area contributed by atoms with Gasteiger partial charge in [-0.15, -0.1) is 5.10 Å². The largest absolute Gasteiger partial charge is 0.465 e. The molecule has 2 rings (SSSR count). The molecule has 21 heavy (non-hydrogen) atoms. The SMILES string of the molecule is COC(=O)c1ccc(Cl)cc1NC(=O)Cn1cnc(N)n1. The van der Waals surface area contributed by atoms with E-state index in [1.807, 2.05) is 0 Å². The molecule has 0 aliphatic heterocycles. The fourth-order valence-electron chi connectivity index (χ4n) is 1.63. The van der Waals surface area contributed by atoms with Crippen LogP contribution in [0.25, 0.3) is 0 Å². The van der Waals surface area contributed by atoms with Gasteiger partial charge in [-0.05, 0) is 18.2 Å². The lowest BCUT2D eigenvalue weighted by Gasteiger charge is -2.10. The first-order valence-electron chi connectivity index (χ1n) is 5.82. The number of esters is 1. The molecule has 1 aromatic heterocycles. The maximum absolute atomic E-state index is 11.9. The lowest BCUT2D eigenvalue weighted by Crippen LogP contribution is -2.21. The minimum atomic E-state index is -0.577. The molecule has 0 atom stereocenters. The smallest absolute Gasteiger partial charge is 0.339 e. The molecule has 1 amide bonds. The molecule has 9 heteroatoms. The first-order valence-corrected chi connectivity index (χ1v) is 6.20. The van der Waals surface area contributed by atoms with Gasteiger partial charge in [-0.3, -0.25) is 4.79 Å². The van der Waals surface area contributed by atoms with E-state index in [-0.39, 0.29) is 23.7 Å². The second-order valence-corrected chi connectivity index (χ2v) is 4.47. The number of nitrogen functional groups attached to an aromatic ring is 1. The normalized spacial score (nSPS) is 10.2. The Bertz CT molecular complexity index is 685. The third kappa shape index (κ3) is 3.69. The van der Waals surface area contributed by atoms with Crippen molar-refractivity contribution >= 4 is 35.1 Å². The number of halogens is 1. The zero-order chi connectivity index (χ0) is 15.4. The molecule has 1 heterocycles. The number of methoxy groups -OCH3 is 1. The standard InChI is InChI=1S/C12H12ClN5O3/c1-21-11(20)8-3-2-7(13)4-9(8)16-10(19)5-18-6-15-12(14)17-18/h2-4,6H,5H2,1H3,(H2,14,17)(H,16,19). The highest BCUT2D eigenvalue weighted by Crippen LogP contribution is 2.22. The molecule has 0 fully saturated rings. The number of anilines is 2. The van der Waals surface area contributed by atoms with E-state index < -0.39 is 11.9 Å². The molecule has 0 saturated carbocycles. The summed E-state index contributed by atoms with van der Waals surface area (Å²) in [6.07, 6.45) is 1.33. The second-order valence-electron chi connectivity index (χ2n) is 4.03. The van der Waals surface area contributed by atoms with Crippen molar-refractivity contribution in [3.63, 3.8) is 0 Å². The Morgan fingerprint density at radius 3 is 2.86 bits per heavy atom. The van der Waals surface area contributed by atoms with Crippen molar-refractivity contribution in [2.45, 2.75) is 6.54 Å². The van der Waals surface area contributed by atoms with E-state index in [0.717, 1.165) is 0 Å². The van der Waals surface area contributed by atoms with Gasteiger partial charge in [0.1, 0.15) is 12.9 Å². The molecule has 0 bridgehead atoms. The van der Waals surface area contributed by atoms with E-state index in [4.69, 9.17) is 17.3 Å². The third-order valence-electron chi connectivity index (χ3n) is 2.52. The van der Waals surface area contributed by atoms with Crippen LogP contribution in [0.15, 0.2) is 24.5 Å².